The average Bonchev–Trinajstić information content (AvgIpc) is 3.10. The lowest BCUT2D eigenvalue weighted by atomic mass is 10.1. The predicted molar refractivity (Wildman–Crippen MR) is 102 cm³/mol. The summed E-state index contributed by atoms with van der Waals surface area (Å²) >= 11 is 0. The van der Waals surface area contributed by atoms with Crippen LogP contribution in [0.3, 0.4) is 0 Å². The van der Waals surface area contributed by atoms with Crippen molar-refractivity contribution in [1.82, 2.24) is 9.78 Å². The Hall–Kier alpha value is -2.39. The second-order valence-corrected chi connectivity index (χ2v) is 8.19. The summed E-state index contributed by atoms with van der Waals surface area (Å²) in [5.41, 5.74) is 1.54. The number of carbonyl (C=O) groups is 1. The Labute approximate surface area is 159 Å². The molecule has 1 amide bonds. The summed E-state index contributed by atoms with van der Waals surface area (Å²) in [5.74, 6) is -0.122. The molecule has 1 aliphatic rings. The molecule has 1 saturated heterocycles. The summed E-state index contributed by atoms with van der Waals surface area (Å²) in [6.07, 6.45) is 5.30. The van der Waals surface area contributed by atoms with Gasteiger partial charge in [-0.2, -0.15) is 5.10 Å². The van der Waals surface area contributed by atoms with Crippen molar-refractivity contribution in [1.29, 1.82) is 0 Å². The van der Waals surface area contributed by atoms with Gasteiger partial charge in [-0.15, -0.1) is 0 Å². The molecule has 1 aromatic heterocycles. The Balaban J connectivity index is 1.74. The lowest BCUT2D eigenvalue weighted by Crippen LogP contribution is -2.20. The maximum absolute atomic E-state index is 12.7. The van der Waals surface area contributed by atoms with Crippen molar-refractivity contribution in [2.45, 2.75) is 44.0 Å². The molecule has 2 N–H and O–H groups in total. The van der Waals surface area contributed by atoms with Gasteiger partial charge in [0, 0.05) is 31.5 Å². The van der Waals surface area contributed by atoms with Crippen LogP contribution in [0.25, 0.3) is 0 Å². The van der Waals surface area contributed by atoms with Crippen LogP contribution in [0.15, 0.2) is 35.5 Å². The van der Waals surface area contributed by atoms with E-state index < -0.39 is 10.0 Å². The first-order chi connectivity index (χ1) is 12.9. The molecule has 8 nitrogen and oxygen atoms in total. The number of benzene rings is 1. The number of ether oxygens (including phenoxy) is 1. The van der Waals surface area contributed by atoms with E-state index in [1.165, 1.54) is 12.3 Å². The summed E-state index contributed by atoms with van der Waals surface area (Å²) in [6.45, 7) is 4.82. The van der Waals surface area contributed by atoms with Crippen LogP contribution in [0.1, 0.15) is 37.8 Å². The van der Waals surface area contributed by atoms with E-state index in [-0.39, 0.29) is 16.8 Å². The molecule has 9 heteroatoms. The van der Waals surface area contributed by atoms with E-state index in [1.54, 1.807) is 36.9 Å². The summed E-state index contributed by atoms with van der Waals surface area (Å²) in [6, 6.07) is 4.94. The van der Waals surface area contributed by atoms with Crippen molar-refractivity contribution in [3.05, 3.63) is 36.2 Å². The van der Waals surface area contributed by atoms with E-state index in [1.807, 2.05) is 0 Å². The van der Waals surface area contributed by atoms with Gasteiger partial charge in [-0.05, 0) is 43.5 Å². The largest absolute Gasteiger partial charge is 0.381 e. The lowest BCUT2D eigenvalue weighted by Gasteiger charge is -2.22. The SMILES string of the molecule is CCC(=O)Nc1ccc(S(=O)(=O)Nc2cnn(C3CCOCC3)c2)c(C)c1. The smallest absolute Gasteiger partial charge is 0.262 e. The highest BCUT2D eigenvalue weighted by atomic mass is 32.2. The minimum Gasteiger partial charge on any atom is -0.381 e. The van der Waals surface area contributed by atoms with E-state index in [4.69, 9.17) is 4.74 Å². The number of aryl methyl sites for hydroxylation is 1. The van der Waals surface area contributed by atoms with Gasteiger partial charge in [0.2, 0.25) is 5.91 Å². The zero-order valence-corrected chi connectivity index (χ0v) is 16.3. The fourth-order valence-electron chi connectivity index (χ4n) is 3.03. The Morgan fingerprint density at radius 3 is 2.70 bits per heavy atom. The van der Waals surface area contributed by atoms with Gasteiger partial charge in [-0.25, -0.2) is 8.42 Å². The quantitative estimate of drug-likeness (QED) is 0.787. The topological polar surface area (TPSA) is 102 Å². The molecule has 0 radical (unpaired) electrons. The van der Waals surface area contributed by atoms with Gasteiger partial charge in [0.25, 0.3) is 10.0 Å². The average molecular weight is 392 g/mol. The molecule has 2 aromatic rings. The van der Waals surface area contributed by atoms with E-state index in [0.29, 0.717) is 36.6 Å². The number of rotatable bonds is 6. The molecular formula is C18H24N4O4S. The monoisotopic (exact) mass is 392 g/mol. The van der Waals surface area contributed by atoms with Crippen LogP contribution in [0.5, 0.6) is 0 Å². The number of sulfonamides is 1. The zero-order chi connectivity index (χ0) is 19.4. The number of amides is 1. The van der Waals surface area contributed by atoms with Crippen LogP contribution >= 0.6 is 0 Å². The third-order valence-corrected chi connectivity index (χ3v) is 6.03. The fourth-order valence-corrected chi connectivity index (χ4v) is 4.28. The van der Waals surface area contributed by atoms with Crippen LogP contribution in [-0.4, -0.2) is 37.3 Å². The number of hydrogen-bond acceptors (Lipinski definition) is 5. The van der Waals surface area contributed by atoms with Crippen LogP contribution in [-0.2, 0) is 19.6 Å². The van der Waals surface area contributed by atoms with Crippen LogP contribution in [0.2, 0.25) is 0 Å². The Bertz CT molecular complexity index is 917. The van der Waals surface area contributed by atoms with Crippen molar-refractivity contribution >= 4 is 27.3 Å². The van der Waals surface area contributed by atoms with Gasteiger partial charge in [0.05, 0.1) is 22.8 Å². The molecule has 1 aromatic carbocycles. The molecule has 0 spiro atoms. The van der Waals surface area contributed by atoms with Crippen molar-refractivity contribution in [3.8, 4) is 0 Å². The highest BCUT2D eigenvalue weighted by molar-refractivity contribution is 7.92. The molecule has 0 aliphatic carbocycles. The van der Waals surface area contributed by atoms with E-state index in [0.717, 1.165) is 12.8 Å². The number of carbonyl (C=O) groups excluding carboxylic acids is 1. The molecular weight excluding hydrogens is 368 g/mol. The van der Waals surface area contributed by atoms with Crippen LogP contribution < -0.4 is 10.0 Å². The van der Waals surface area contributed by atoms with Crippen molar-refractivity contribution in [2.24, 2.45) is 0 Å². The Morgan fingerprint density at radius 2 is 2.04 bits per heavy atom. The maximum Gasteiger partial charge on any atom is 0.262 e. The van der Waals surface area contributed by atoms with Gasteiger partial charge in [0.1, 0.15) is 0 Å². The second-order valence-electron chi connectivity index (χ2n) is 6.54. The summed E-state index contributed by atoms with van der Waals surface area (Å²) < 4.78 is 35.2. The van der Waals surface area contributed by atoms with Gasteiger partial charge >= 0.3 is 0 Å². The molecule has 1 fully saturated rings. The maximum atomic E-state index is 12.7. The van der Waals surface area contributed by atoms with Crippen LogP contribution in [0.4, 0.5) is 11.4 Å². The molecule has 0 unspecified atom stereocenters. The summed E-state index contributed by atoms with van der Waals surface area (Å²) in [4.78, 5) is 11.7. The highest BCUT2D eigenvalue weighted by Crippen LogP contribution is 2.25. The number of nitrogens with zero attached hydrogens (tertiary/aromatic N) is 2. The molecule has 146 valence electrons. The van der Waals surface area contributed by atoms with Gasteiger partial charge in [-0.1, -0.05) is 6.92 Å². The Morgan fingerprint density at radius 1 is 1.30 bits per heavy atom. The Kier molecular flexibility index (Phi) is 5.81. The first-order valence-corrected chi connectivity index (χ1v) is 10.4. The first-order valence-electron chi connectivity index (χ1n) is 8.94. The number of anilines is 2. The summed E-state index contributed by atoms with van der Waals surface area (Å²) in [7, 11) is -3.75. The first kappa shape index (κ1) is 19.4. The lowest BCUT2D eigenvalue weighted by molar-refractivity contribution is -0.115. The minimum atomic E-state index is -3.75. The van der Waals surface area contributed by atoms with Crippen LogP contribution in [0, 0.1) is 6.92 Å². The molecule has 2 heterocycles. The van der Waals surface area contributed by atoms with Gasteiger partial charge in [0.15, 0.2) is 0 Å². The van der Waals surface area contributed by atoms with Crippen molar-refractivity contribution in [3.63, 3.8) is 0 Å². The van der Waals surface area contributed by atoms with Crippen molar-refractivity contribution in [2.75, 3.05) is 23.3 Å². The molecule has 0 atom stereocenters. The molecule has 1 aliphatic heterocycles. The molecule has 3 rings (SSSR count). The van der Waals surface area contributed by atoms with E-state index in [2.05, 4.69) is 15.1 Å². The normalized spacial score (nSPS) is 15.5. The third kappa shape index (κ3) is 4.67. The second kappa shape index (κ2) is 8.10. The molecule has 0 saturated carbocycles. The zero-order valence-electron chi connectivity index (χ0n) is 15.4. The predicted octanol–water partition coefficient (Wildman–Crippen LogP) is 2.69. The van der Waals surface area contributed by atoms with Gasteiger partial charge in [-0.3, -0.25) is 14.2 Å². The molecule has 27 heavy (non-hydrogen) atoms. The minimum absolute atomic E-state index is 0.122. The van der Waals surface area contributed by atoms with E-state index in [9.17, 15) is 13.2 Å². The summed E-state index contributed by atoms with van der Waals surface area (Å²) in [5, 5.41) is 7.01. The number of aromatic nitrogens is 2. The van der Waals surface area contributed by atoms with Gasteiger partial charge < -0.3 is 10.1 Å². The number of nitrogens with one attached hydrogen (secondary N) is 2. The number of hydrogen-bond donors (Lipinski definition) is 2. The van der Waals surface area contributed by atoms with Crippen molar-refractivity contribution < 1.29 is 17.9 Å². The molecule has 0 bridgehead atoms. The highest BCUT2D eigenvalue weighted by Gasteiger charge is 2.20. The third-order valence-electron chi connectivity index (χ3n) is 4.49. The fraction of sp³-hybridized carbons (Fsp3) is 0.444. The standard InChI is InChI=1S/C18H24N4O4S/c1-3-18(23)20-14-4-5-17(13(2)10-14)27(24,25)21-15-11-19-22(12-15)16-6-8-26-9-7-16/h4-5,10-12,16,21H,3,6-9H2,1-2H3,(H,20,23). The van der Waals surface area contributed by atoms with E-state index >= 15 is 0 Å².